The van der Waals surface area contributed by atoms with Gasteiger partial charge in [-0.1, -0.05) is 6.92 Å². The molecule has 2 rings (SSSR count). The molecule has 0 bridgehead atoms. The van der Waals surface area contributed by atoms with Gasteiger partial charge in [-0.25, -0.2) is 4.98 Å². The molecule has 1 fully saturated rings. The lowest BCUT2D eigenvalue weighted by atomic mass is 9.97. The summed E-state index contributed by atoms with van der Waals surface area (Å²) in [6.45, 7) is 6.52. The molecule has 1 aliphatic heterocycles. The Morgan fingerprint density at radius 1 is 1.38 bits per heavy atom. The van der Waals surface area contributed by atoms with Crippen molar-refractivity contribution in [1.82, 2.24) is 9.88 Å². The average molecular weight is 291 g/mol. The van der Waals surface area contributed by atoms with Gasteiger partial charge < -0.3 is 15.3 Å². The number of likely N-dealkylation sites (tertiary alicyclic amines) is 1. The second kappa shape index (κ2) is 7.41. The lowest BCUT2D eigenvalue weighted by molar-refractivity contribution is 0.0650. The molecule has 1 aromatic rings. The van der Waals surface area contributed by atoms with Gasteiger partial charge in [-0.15, -0.1) is 0 Å². The van der Waals surface area contributed by atoms with Crippen LogP contribution in [-0.2, 0) is 6.42 Å². The van der Waals surface area contributed by atoms with Crippen molar-refractivity contribution in [1.29, 1.82) is 0 Å². The third-order valence-corrected chi connectivity index (χ3v) is 4.01. The Morgan fingerprint density at radius 2 is 2.10 bits per heavy atom. The number of aliphatic hydroxyl groups is 1. The van der Waals surface area contributed by atoms with E-state index in [1.165, 1.54) is 0 Å². The predicted octanol–water partition coefficient (Wildman–Crippen LogP) is 1.92. The first-order valence-corrected chi connectivity index (χ1v) is 7.82. The molecule has 2 N–H and O–H groups in total. The summed E-state index contributed by atoms with van der Waals surface area (Å²) >= 11 is 0. The zero-order valence-corrected chi connectivity index (χ0v) is 12.9. The Morgan fingerprint density at radius 3 is 2.67 bits per heavy atom. The van der Waals surface area contributed by atoms with E-state index in [9.17, 15) is 9.90 Å². The minimum atomic E-state index is 0.0719. The second-order valence-corrected chi connectivity index (χ2v) is 5.53. The zero-order chi connectivity index (χ0) is 15.2. The fourth-order valence-electron chi connectivity index (χ4n) is 2.67. The van der Waals surface area contributed by atoms with Crippen LogP contribution in [0.1, 0.15) is 42.7 Å². The first-order chi connectivity index (χ1) is 10.2. The number of carbonyl (C=O) groups excluding carboxylic acids is 1. The minimum Gasteiger partial charge on any atom is -0.396 e. The zero-order valence-electron chi connectivity index (χ0n) is 12.9. The number of nitrogens with zero attached hydrogens (tertiary/aromatic N) is 2. The Balaban J connectivity index is 2.13. The summed E-state index contributed by atoms with van der Waals surface area (Å²) in [7, 11) is 0. The van der Waals surface area contributed by atoms with Crippen molar-refractivity contribution >= 4 is 11.7 Å². The third kappa shape index (κ3) is 3.94. The molecule has 5 heteroatoms. The van der Waals surface area contributed by atoms with Gasteiger partial charge in [0.1, 0.15) is 5.82 Å². The van der Waals surface area contributed by atoms with Crippen molar-refractivity contribution in [2.45, 2.75) is 33.1 Å². The molecule has 1 aromatic heterocycles. The molecule has 5 nitrogen and oxygen atoms in total. The molecule has 0 spiro atoms. The van der Waals surface area contributed by atoms with Crippen LogP contribution < -0.4 is 5.32 Å². The number of nitrogens with one attached hydrogen (secondary N) is 1. The number of carbonyl (C=O) groups is 1. The van der Waals surface area contributed by atoms with Crippen LogP contribution in [0, 0.1) is 5.92 Å². The molecule has 116 valence electrons. The van der Waals surface area contributed by atoms with Crippen LogP contribution in [0.2, 0.25) is 0 Å². The molecule has 0 atom stereocenters. The van der Waals surface area contributed by atoms with Gasteiger partial charge in [-0.05, 0) is 44.2 Å². The highest BCUT2D eigenvalue weighted by molar-refractivity contribution is 5.95. The predicted molar refractivity (Wildman–Crippen MR) is 83.5 cm³/mol. The van der Waals surface area contributed by atoms with Crippen molar-refractivity contribution in [2.75, 3.05) is 31.6 Å². The van der Waals surface area contributed by atoms with Gasteiger partial charge in [0.15, 0.2) is 0 Å². The lowest BCUT2D eigenvalue weighted by Crippen LogP contribution is -2.39. The lowest BCUT2D eigenvalue weighted by Gasteiger charge is -2.31. The van der Waals surface area contributed by atoms with E-state index in [0.29, 0.717) is 11.5 Å². The number of hydrogen-bond acceptors (Lipinski definition) is 4. The molecule has 1 aliphatic rings. The van der Waals surface area contributed by atoms with Crippen molar-refractivity contribution in [2.24, 2.45) is 5.92 Å². The maximum atomic E-state index is 12.6. The van der Waals surface area contributed by atoms with Gasteiger partial charge in [-0.2, -0.15) is 0 Å². The Bertz CT molecular complexity index is 482. The van der Waals surface area contributed by atoms with Gasteiger partial charge in [0, 0.05) is 37.5 Å². The van der Waals surface area contributed by atoms with Gasteiger partial charge in [0.2, 0.25) is 0 Å². The molecule has 2 heterocycles. The largest absolute Gasteiger partial charge is 0.396 e. The molecule has 0 unspecified atom stereocenters. The number of aliphatic hydroxyl groups excluding tert-OH is 1. The molecular formula is C16H25N3O2. The number of rotatable bonds is 5. The first-order valence-electron chi connectivity index (χ1n) is 7.82. The summed E-state index contributed by atoms with van der Waals surface area (Å²) in [4.78, 5) is 19.0. The maximum Gasteiger partial charge on any atom is 0.254 e. The van der Waals surface area contributed by atoms with E-state index in [4.69, 9.17) is 0 Å². The normalized spacial score (nSPS) is 16.0. The number of aromatic nitrogens is 1. The van der Waals surface area contributed by atoms with Crippen LogP contribution in [0.15, 0.2) is 12.1 Å². The molecule has 0 radical (unpaired) electrons. The van der Waals surface area contributed by atoms with Crippen LogP contribution in [0.4, 0.5) is 5.82 Å². The summed E-state index contributed by atoms with van der Waals surface area (Å²) in [6, 6.07) is 3.73. The van der Waals surface area contributed by atoms with E-state index in [0.717, 1.165) is 50.4 Å². The standard InChI is InChI=1S/C16H25N3O2/c1-3-14-9-13(10-15(18-14)17-4-2)16(21)19-7-5-12(11-20)6-8-19/h9-10,12,20H,3-8,11H2,1-2H3,(H,17,18). The number of piperidine rings is 1. The van der Waals surface area contributed by atoms with Crippen molar-refractivity contribution in [3.05, 3.63) is 23.4 Å². The van der Waals surface area contributed by atoms with Gasteiger partial charge in [-0.3, -0.25) is 4.79 Å². The van der Waals surface area contributed by atoms with E-state index in [2.05, 4.69) is 10.3 Å². The average Bonchev–Trinajstić information content (AvgIpc) is 2.54. The molecule has 21 heavy (non-hydrogen) atoms. The number of pyridine rings is 1. The highest BCUT2D eigenvalue weighted by atomic mass is 16.3. The Hall–Kier alpha value is -1.62. The topological polar surface area (TPSA) is 65.5 Å². The van der Waals surface area contributed by atoms with E-state index >= 15 is 0 Å². The number of amides is 1. The summed E-state index contributed by atoms with van der Waals surface area (Å²) in [6.07, 6.45) is 2.58. The highest BCUT2D eigenvalue weighted by Crippen LogP contribution is 2.20. The van der Waals surface area contributed by atoms with Gasteiger partial charge in [0.25, 0.3) is 5.91 Å². The highest BCUT2D eigenvalue weighted by Gasteiger charge is 2.23. The van der Waals surface area contributed by atoms with E-state index in [1.807, 2.05) is 30.9 Å². The van der Waals surface area contributed by atoms with Gasteiger partial charge >= 0.3 is 0 Å². The number of anilines is 1. The third-order valence-electron chi connectivity index (χ3n) is 4.01. The summed E-state index contributed by atoms with van der Waals surface area (Å²) in [5.74, 6) is 1.18. The summed E-state index contributed by atoms with van der Waals surface area (Å²) in [5, 5.41) is 12.4. The van der Waals surface area contributed by atoms with Crippen molar-refractivity contribution in [3.63, 3.8) is 0 Å². The van der Waals surface area contributed by atoms with Crippen LogP contribution in [0.25, 0.3) is 0 Å². The van der Waals surface area contributed by atoms with E-state index < -0.39 is 0 Å². The molecule has 0 aromatic carbocycles. The monoisotopic (exact) mass is 291 g/mol. The molecule has 1 amide bonds. The summed E-state index contributed by atoms with van der Waals surface area (Å²) in [5.41, 5.74) is 1.64. The van der Waals surface area contributed by atoms with Crippen LogP contribution in [0.5, 0.6) is 0 Å². The van der Waals surface area contributed by atoms with Crippen molar-refractivity contribution in [3.8, 4) is 0 Å². The molecule has 1 saturated heterocycles. The fourth-order valence-corrected chi connectivity index (χ4v) is 2.67. The fraction of sp³-hybridized carbons (Fsp3) is 0.625. The molecular weight excluding hydrogens is 266 g/mol. The quantitative estimate of drug-likeness (QED) is 0.870. The van der Waals surface area contributed by atoms with Crippen LogP contribution >= 0.6 is 0 Å². The van der Waals surface area contributed by atoms with Crippen LogP contribution in [-0.4, -0.2) is 47.1 Å². The smallest absolute Gasteiger partial charge is 0.254 e. The Kier molecular flexibility index (Phi) is 5.56. The van der Waals surface area contributed by atoms with E-state index in [-0.39, 0.29) is 12.5 Å². The van der Waals surface area contributed by atoms with Crippen molar-refractivity contribution < 1.29 is 9.90 Å². The van der Waals surface area contributed by atoms with E-state index in [1.54, 1.807) is 0 Å². The van der Waals surface area contributed by atoms with Crippen LogP contribution in [0.3, 0.4) is 0 Å². The summed E-state index contributed by atoms with van der Waals surface area (Å²) < 4.78 is 0. The minimum absolute atomic E-state index is 0.0719. The Labute approximate surface area is 126 Å². The number of aryl methyl sites for hydroxylation is 1. The maximum absolute atomic E-state index is 12.6. The second-order valence-electron chi connectivity index (χ2n) is 5.53. The number of hydrogen-bond donors (Lipinski definition) is 2. The van der Waals surface area contributed by atoms with Gasteiger partial charge in [0.05, 0.1) is 0 Å². The first kappa shape index (κ1) is 15.8. The molecule has 0 saturated carbocycles. The molecule has 0 aliphatic carbocycles. The SMILES string of the molecule is CCNc1cc(C(=O)N2CCC(CO)CC2)cc(CC)n1.